The average Bonchev–Trinajstić information content (AvgIpc) is 2.85. The van der Waals surface area contributed by atoms with E-state index < -0.39 is 0 Å². The van der Waals surface area contributed by atoms with Crippen LogP contribution in [0.3, 0.4) is 0 Å². The first-order valence-corrected chi connectivity index (χ1v) is 7.70. The van der Waals surface area contributed by atoms with E-state index in [0.717, 1.165) is 17.1 Å². The van der Waals surface area contributed by atoms with E-state index in [0.29, 0.717) is 12.0 Å². The molecule has 2 rings (SSSR count). The fraction of sp³-hybridized carbons (Fsp3) is 0.625. The molecule has 1 fully saturated rings. The maximum absolute atomic E-state index is 6.34. The molecule has 0 aromatic heterocycles. The molecule has 3 heteroatoms. The topological polar surface area (TPSA) is 29.3 Å². The van der Waals surface area contributed by atoms with E-state index in [2.05, 4.69) is 30.9 Å². The summed E-state index contributed by atoms with van der Waals surface area (Å²) in [6, 6.07) is 6.21. The molecule has 1 aromatic rings. The molecule has 19 heavy (non-hydrogen) atoms. The Labute approximate surface area is 121 Å². The normalized spacial score (nSPS) is 18.9. The lowest BCUT2D eigenvalue weighted by atomic mass is 9.82. The summed E-state index contributed by atoms with van der Waals surface area (Å²) in [5.41, 5.74) is 8.49. The number of benzene rings is 1. The second-order valence-corrected chi connectivity index (χ2v) is 6.20. The molecule has 1 aliphatic rings. The van der Waals surface area contributed by atoms with Crippen molar-refractivity contribution in [3.05, 3.63) is 34.3 Å². The number of halogens is 1. The van der Waals surface area contributed by atoms with E-state index in [1.54, 1.807) is 0 Å². The maximum atomic E-state index is 6.34. The molecule has 1 aliphatic heterocycles. The highest BCUT2D eigenvalue weighted by Crippen LogP contribution is 2.37. The highest BCUT2D eigenvalue weighted by atomic mass is 35.5. The van der Waals surface area contributed by atoms with Gasteiger partial charge in [-0.05, 0) is 48.4 Å². The van der Waals surface area contributed by atoms with Gasteiger partial charge in [0.15, 0.2) is 0 Å². The molecular weight excluding hydrogens is 256 g/mol. The molecule has 1 saturated heterocycles. The molecule has 0 aliphatic carbocycles. The smallest absolute Gasteiger partial charge is 0.0454 e. The van der Waals surface area contributed by atoms with Crippen molar-refractivity contribution in [1.29, 1.82) is 0 Å². The molecule has 0 saturated carbocycles. The van der Waals surface area contributed by atoms with Gasteiger partial charge in [-0.3, -0.25) is 4.90 Å². The fourth-order valence-electron chi connectivity index (χ4n) is 3.08. The largest absolute Gasteiger partial charge is 0.326 e. The molecule has 0 bridgehead atoms. The zero-order chi connectivity index (χ0) is 13.9. The summed E-state index contributed by atoms with van der Waals surface area (Å²) >= 11 is 6.34. The van der Waals surface area contributed by atoms with E-state index in [-0.39, 0.29) is 0 Å². The predicted molar refractivity (Wildman–Crippen MR) is 82.3 cm³/mol. The molecular formula is C16H25ClN2. The van der Waals surface area contributed by atoms with Gasteiger partial charge in [0.25, 0.3) is 0 Å². The van der Waals surface area contributed by atoms with Crippen LogP contribution in [-0.4, -0.2) is 18.0 Å². The lowest BCUT2D eigenvalue weighted by Gasteiger charge is -2.26. The Bertz CT molecular complexity index is 427. The summed E-state index contributed by atoms with van der Waals surface area (Å²) in [4.78, 5) is 2.54. The molecule has 2 N–H and O–H groups in total. The van der Waals surface area contributed by atoms with Crippen molar-refractivity contribution < 1.29 is 0 Å². The molecule has 0 atom stereocenters. The minimum absolute atomic E-state index is 0.531. The zero-order valence-electron chi connectivity index (χ0n) is 12.1. The molecule has 0 radical (unpaired) electrons. The summed E-state index contributed by atoms with van der Waals surface area (Å²) in [6.07, 6.45) is 3.87. The van der Waals surface area contributed by atoms with Crippen molar-refractivity contribution in [3.8, 4) is 0 Å². The first-order chi connectivity index (χ1) is 9.12. The first kappa shape index (κ1) is 14.8. The van der Waals surface area contributed by atoms with Crippen molar-refractivity contribution in [2.45, 2.75) is 46.2 Å². The van der Waals surface area contributed by atoms with Gasteiger partial charge in [-0.25, -0.2) is 0 Å². The molecule has 0 spiro atoms. The Kier molecular flexibility index (Phi) is 4.88. The third kappa shape index (κ3) is 3.31. The van der Waals surface area contributed by atoms with Crippen LogP contribution in [0, 0.1) is 5.41 Å². The maximum Gasteiger partial charge on any atom is 0.0454 e. The Morgan fingerprint density at radius 2 is 2.05 bits per heavy atom. The standard InChI is InChI=1S/C16H25ClN2/c1-3-16(4-2)7-8-19(12-16)11-14-6-5-13(10-18)9-15(14)17/h5-6,9H,3-4,7-8,10-12,18H2,1-2H3. The Hall–Kier alpha value is -0.570. The van der Waals surface area contributed by atoms with Crippen LogP contribution in [0.5, 0.6) is 0 Å². The highest BCUT2D eigenvalue weighted by molar-refractivity contribution is 6.31. The van der Waals surface area contributed by atoms with Gasteiger partial charge in [0.2, 0.25) is 0 Å². The molecule has 1 heterocycles. The minimum atomic E-state index is 0.531. The molecule has 2 nitrogen and oxygen atoms in total. The number of hydrogen-bond acceptors (Lipinski definition) is 2. The van der Waals surface area contributed by atoms with Crippen molar-refractivity contribution in [2.75, 3.05) is 13.1 Å². The number of nitrogens with zero attached hydrogens (tertiary/aromatic N) is 1. The lowest BCUT2D eigenvalue weighted by Crippen LogP contribution is -2.26. The van der Waals surface area contributed by atoms with Gasteiger partial charge in [0.1, 0.15) is 0 Å². The fourth-order valence-corrected chi connectivity index (χ4v) is 3.34. The van der Waals surface area contributed by atoms with Crippen LogP contribution in [0.4, 0.5) is 0 Å². The number of likely N-dealkylation sites (tertiary alicyclic amines) is 1. The monoisotopic (exact) mass is 280 g/mol. The van der Waals surface area contributed by atoms with Crippen LogP contribution < -0.4 is 5.73 Å². The summed E-state index contributed by atoms with van der Waals surface area (Å²) in [5.74, 6) is 0. The van der Waals surface area contributed by atoms with Crippen molar-refractivity contribution in [2.24, 2.45) is 11.1 Å². The molecule has 1 aromatic carbocycles. The third-order valence-corrected chi connectivity index (χ3v) is 5.12. The Balaban J connectivity index is 2.03. The molecule has 106 valence electrons. The van der Waals surface area contributed by atoms with E-state index in [1.807, 2.05) is 6.07 Å². The van der Waals surface area contributed by atoms with Crippen LogP contribution in [0.1, 0.15) is 44.2 Å². The summed E-state index contributed by atoms with van der Waals surface area (Å²) < 4.78 is 0. The van der Waals surface area contributed by atoms with E-state index in [9.17, 15) is 0 Å². The lowest BCUT2D eigenvalue weighted by molar-refractivity contribution is 0.236. The van der Waals surface area contributed by atoms with Gasteiger partial charge in [-0.15, -0.1) is 0 Å². The Morgan fingerprint density at radius 1 is 1.32 bits per heavy atom. The van der Waals surface area contributed by atoms with Crippen LogP contribution in [0.15, 0.2) is 18.2 Å². The first-order valence-electron chi connectivity index (χ1n) is 7.32. The van der Waals surface area contributed by atoms with Gasteiger partial charge in [0, 0.05) is 24.7 Å². The van der Waals surface area contributed by atoms with Crippen LogP contribution in [0.25, 0.3) is 0 Å². The van der Waals surface area contributed by atoms with Gasteiger partial charge >= 0.3 is 0 Å². The second-order valence-electron chi connectivity index (χ2n) is 5.80. The van der Waals surface area contributed by atoms with Crippen LogP contribution >= 0.6 is 11.6 Å². The number of hydrogen-bond donors (Lipinski definition) is 1. The second kappa shape index (κ2) is 6.25. The Morgan fingerprint density at radius 3 is 2.58 bits per heavy atom. The van der Waals surface area contributed by atoms with Gasteiger partial charge < -0.3 is 5.73 Å². The highest BCUT2D eigenvalue weighted by Gasteiger charge is 2.34. The SMILES string of the molecule is CCC1(CC)CCN(Cc2ccc(CN)cc2Cl)C1. The number of rotatable bonds is 5. The molecule has 0 unspecified atom stereocenters. The van der Waals surface area contributed by atoms with Gasteiger partial charge in [-0.1, -0.05) is 37.6 Å². The van der Waals surface area contributed by atoms with Crippen molar-refractivity contribution >= 4 is 11.6 Å². The van der Waals surface area contributed by atoms with Crippen molar-refractivity contribution in [1.82, 2.24) is 4.90 Å². The summed E-state index contributed by atoms with van der Waals surface area (Å²) in [5, 5.41) is 0.855. The van der Waals surface area contributed by atoms with Crippen LogP contribution in [-0.2, 0) is 13.1 Å². The quantitative estimate of drug-likeness (QED) is 0.889. The zero-order valence-corrected chi connectivity index (χ0v) is 12.8. The third-order valence-electron chi connectivity index (χ3n) is 4.76. The number of nitrogens with two attached hydrogens (primary N) is 1. The molecule has 0 amide bonds. The van der Waals surface area contributed by atoms with Gasteiger partial charge in [-0.2, -0.15) is 0 Å². The van der Waals surface area contributed by atoms with E-state index in [4.69, 9.17) is 17.3 Å². The van der Waals surface area contributed by atoms with E-state index in [1.165, 1.54) is 37.9 Å². The average molecular weight is 281 g/mol. The van der Waals surface area contributed by atoms with Gasteiger partial charge in [0.05, 0.1) is 0 Å². The van der Waals surface area contributed by atoms with E-state index >= 15 is 0 Å². The van der Waals surface area contributed by atoms with Crippen molar-refractivity contribution in [3.63, 3.8) is 0 Å². The minimum Gasteiger partial charge on any atom is -0.326 e. The van der Waals surface area contributed by atoms with Crippen LogP contribution in [0.2, 0.25) is 5.02 Å². The summed E-state index contributed by atoms with van der Waals surface area (Å²) in [7, 11) is 0. The predicted octanol–water partition coefficient (Wildman–Crippen LogP) is 3.81. The summed E-state index contributed by atoms with van der Waals surface area (Å²) in [6.45, 7) is 8.54.